The molecule has 2 aromatic carbocycles. The van der Waals surface area contributed by atoms with E-state index in [1.165, 1.54) is 6.21 Å². The maximum Gasteiger partial charge on any atom is 0.275 e. The zero-order chi connectivity index (χ0) is 19.1. The number of hydrazone groups is 1. The minimum Gasteiger partial charge on any atom is -0.507 e. The molecule has 0 fully saturated rings. The first kappa shape index (κ1) is 19.7. The van der Waals surface area contributed by atoms with Gasteiger partial charge in [-0.1, -0.05) is 34.1 Å². The first-order chi connectivity index (χ1) is 12.4. The molecule has 0 heterocycles. The molecule has 2 rings (SSSR count). The summed E-state index contributed by atoms with van der Waals surface area (Å²) in [6, 6.07) is 10.5. The molecule has 0 aliphatic rings. The molecule has 0 unspecified atom stereocenters. The second-order valence-corrected chi connectivity index (χ2v) is 6.77. The number of nitrogens with one attached hydrogen (secondary N) is 1. The number of phenolic OH excluding ortho intramolecular Hbond substituents is 1. The number of rotatable bonds is 7. The molecule has 0 aliphatic heterocycles. The summed E-state index contributed by atoms with van der Waals surface area (Å²) in [5.74, 6) is 0.198. The van der Waals surface area contributed by atoms with Crippen LogP contribution in [0.25, 0.3) is 0 Å². The lowest BCUT2D eigenvalue weighted by atomic mass is 10.1. The minimum atomic E-state index is -0.403. The summed E-state index contributed by atoms with van der Waals surface area (Å²) < 4.78 is 6.43. The predicted octanol–water partition coefficient (Wildman–Crippen LogP) is 4.43. The Balaban J connectivity index is 2.16. The van der Waals surface area contributed by atoms with Gasteiger partial charge in [-0.05, 0) is 50.1 Å². The Morgan fingerprint density at radius 3 is 2.85 bits per heavy atom. The summed E-state index contributed by atoms with van der Waals surface area (Å²) in [6.07, 6.45) is 3.60. The van der Waals surface area contributed by atoms with E-state index in [9.17, 15) is 9.90 Å². The van der Waals surface area contributed by atoms with Gasteiger partial charge in [0.05, 0.1) is 17.9 Å². The van der Waals surface area contributed by atoms with E-state index in [0.717, 1.165) is 10.0 Å². The Morgan fingerprint density at radius 2 is 2.15 bits per heavy atom. The summed E-state index contributed by atoms with van der Waals surface area (Å²) in [4.78, 5) is 12.4. The molecule has 2 N–H and O–H groups in total. The van der Waals surface area contributed by atoms with Crippen molar-refractivity contribution in [3.63, 3.8) is 0 Å². The second kappa shape index (κ2) is 9.20. The van der Waals surface area contributed by atoms with Crippen LogP contribution in [0.1, 0.15) is 35.3 Å². The van der Waals surface area contributed by atoms with Crippen molar-refractivity contribution in [1.82, 2.24) is 5.43 Å². The van der Waals surface area contributed by atoms with Crippen molar-refractivity contribution in [3.05, 3.63) is 70.2 Å². The average Bonchev–Trinajstić information content (AvgIpc) is 2.59. The maximum atomic E-state index is 12.4. The smallest absolute Gasteiger partial charge is 0.275 e. The first-order valence-corrected chi connectivity index (χ1v) is 8.93. The van der Waals surface area contributed by atoms with Crippen molar-refractivity contribution in [2.75, 3.05) is 0 Å². The highest BCUT2D eigenvalue weighted by Crippen LogP contribution is 2.24. The van der Waals surface area contributed by atoms with E-state index in [1.54, 1.807) is 30.3 Å². The van der Waals surface area contributed by atoms with Gasteiger partial charge in [-0.25, -0.2) is 5.43 Å². The largest absolute Gasteiger partial charge is 0.507 e. The van der Waals surface area contributed by atoms with Crippen molar-refractivity contribution in [3.8, 4) is 11.5 Å². The zero-order valence-corrected chi connectivity index (χ0v) is 16.3. The fourth-order valence-electron chi connectivity index (χ4n) is 2.29. The van der Waals surface area contributed by atoms with Crippen molar-refractivity contribution < 1.29 is 14.6 Å². The number of allylic oxidation sites excluding steroid dienone is 1. The van der Waals surface area contributed by atoms with Crippen LogP contribution in [0.5, 0.6) is 11.5 Å². The number of carbonyl (C=O) groups excluding carboxylic acids is 1. The summed E-state index contributed by atoms with van der Waals surface area (Å²) in [5.41, 5.74) is 4.09. The van der Waals surface area contributed by atoms with E-state index in [0.29, 0.717) is 23.3 Å². The van der Waals surface area contributed by atoms with Gasteiger partial charge in [-0.2, -0.15) is 5.10 Å². The van der Waals surface area contributed by atoms with Crippen LogP contribution in [0.3, 0.4) is 0 Å². The van der Waals surface area contributed by atoms with Gasteiger partial charge < -0.3 is 9.84 Å². The Labute approximate surface area is 161 Å². The number of nitrogens with zero attached hydrogens (tertiary/aromatic N) is 1. The third-order valence-corrected chi connectivity index (χ3v) is 3.93. The molecule has 0 aromatic heterocycles. The molecule has 136 valence electrons. The van der Waals surface area contributed by atoms with E-state index in [-0.39, 0.29) is 11.9 Å². The van der Waals surface area contributed by atoms with E-state index in [2.05, 4.69) is 33.0 Å². The standard InChI is InChI=1S/C20H21BrN2O3/c1-4-6-14-7-5-8-15(19(14)24)12-22-23-20(25)17-11-16(21)9-10-18(17)26-13(2)3/h4-5,7-13,24H,1,6H2,2-3H3,(H,23,25)/b22-12-. The molecule has 26 heavy (non-hydrogen) atoms. The van der Waals surface area contributed by atoms with Crippen LogP contribution in [0.2, 0.25) is 0 Å². The third kappa shape index (κ3) is 5.20. The molecule has 6 heteroatoms. The quantitative estimate of drug-likeness (QED) is 0.398. The van der Waals surface area contributed by atoms with E-state index < -0.39 is 5.91 Å². The number of para-hydroxylation sites is 1. The molecule has 1 amide bonds. The molecule has 5 nitrogen and oxygen atoms in total. The second-order valence-electron chi connectivity index (χ2n) is 5.85. The Hall–Kier alpha value is -2.60. The van der Waals surface area contributed by atoms with Crippen molar-refractivity contribution in [1.29, 1.82) is 0 Å². The first-order valence-electron chi connectivity index (χ1n) is 8.13. The van der Waals surface area contributed by atoms with Gasteiger partial charge in [0.2, 0.25) is 0 Å². The summed E-state index contributed by atoms with van der Waals surface area (Å²) in [7, 11) is 0. The van der Waals surface area contributed by atoms with E-state index in [4.69, 9.17) is 4.74 Å². The highest BCUT2D eigenvalue weighted by molar-refractivity contribution is 9.10. The molecule has 0 atom stereocenters. The van der Waals surface area contributed by atoms with E-state index in [1.807, 2.05) is 26.0 Å². The molecule has 0 saturated heterocycles. The minimum absolute atomic E-state index is 0.0595. The molecule has 0 aliphatic carbocycles. The van der Waals surface area contributed by atoms with Gasteiger partial charge in [0.1, 0.15) is 11.5 Å². The van der Waals surface area contributed by atoms with E-state index >= 15 is 0 Å². The SMILES string of the molecule is C=CCc1cccc(/C=N\NC(=O)c2cc(Br)ccc2OC(C)C)c1O. The normalized spacial score (nSPS) is 10.9. The molecule has 0 radical (unpaired) electrons. The summed E-state index contributed by atoms with van der Waals surface area (Å²) >= 11 is 3.35. The van der Waals surface area contributed by atoms with Crippen molar-refractivity contribution in [2.45, 2.75) is 26.4 Å². The number of amides is 1. The van der Waals surface area contributed by atoms with Crippen molar-refractivity contribution in [2.24, 2.45) is 5.10 Å². The van der Waals surface area contributed by atoms with Crippen molar-refractivity contribution >= 4 is 28.1 Å². The lowest BCUT2D eigenvalue weighted by Crippen LogP contribution is -2.20. The van der Waals surface area contributed by atoms with Crippen LogP contribution in [-0.4, -0.2) is 23.3 Å². The topological polar surface area (TPSA) is 70.9 Å². The van der Waals surface area contributed by atoms with Crippen LogP contribution < -0.4 is 10.2 Å². The number of benzene rings is 2. The Morgan fingerprint density at radius 1 is 1.38 bits per heavy atom. The van der Waals surface area contributed by atoms with Gasteiger partial charge in [-0.15, -0.1) is 6.58 Å². The zero-order valence-electron chi connectivity index (χ0n) is 14.7. The molecule has 0 bridgehead atoms. The van der Waals surface area contributed by atoms with Crippen LogP contribution in [-0.2, 0) is 6.42 Å². The van der Waals surface area contributed by atoms with Gasteiger partial charge >= 0.3 is 0 Å². The number of hydrogen-bond acceptors (Lipinski definition) is 4. The monoisotopic (exact) mass is 416 g/mol. The molecule has 0 saturated carbocycles. The number of aromatic hydroxyl groups is 1. The lowest BCUT2D eigenvalue weighted by Gasteiger charge is -2.13. The highest BCUT2D eigenvalue weighted by Gasteiger charge is 2.14. The number of phenols is 1. The number of carbonyl (C=O) groups is 1. The maximum absolute atomic E-state index is 12.4. The van der Waals surface area contributed by atoms with Gasteiger partial charge in [0.15, 0.2) is 0 Å². The molecular formula is C20H21BrN2O3. The van der Waals surface area contributed by atoms with Crippen LogP contribution in [0, 0.1) is 0 Å². The van der Waals surface area contributed by atoms with Crippen LogP contribution in [0.15, 0.2) is 58.6 Å². The fourth-order valence-corrected chi connectivity index (χ4v) is 2.65. The Bertz CT molecular complexity index is 832. The molecule has 2 aromatic rings. The lowest BCUT2D eigenvalue weighted by molar-refractivity contribution is 0.0949. The van der Waals surface area contributed by atoms with Crippen LogP contribution >= 0.6 is 15.9 Å². The number of ether oxygens (including phenoxy) is 1. The van der Waals surface area contributed by atoms with Gasteiger partial charge in [-0.3, -0.25) is 4.79 Å². The molecular weight excluding hydrogens is 396 g/mol. The van der Waals surface area contributed by atoms with Crippen LogP contribution in [0.4, 0.5) is 0 Å². The fraction of sp³-hybridized carbons (Fsp3) is 0.200. The van der Waals surface area contributed by atoms with Gasteiger partial charge in [0, 0.05) is 10.0 Å². The number of hydrogen-bond donors (Lipinski definition) is 2. The molecule has 0 spiro atoms. The van der Waals surface area contributed by atoms with Gasteiger partial charge in [0.25, 0.3) is 5.91 Å². The third-order valence-electron chi connectivity index (χ3n) is 3.43. The summed E-state index contributed by atoms with van der Waals surface area (Å²) in [5, 5.41) is 14.2. The highest BCUT2D eigenvalue weighted by atomic mass is 79.9. The number of halogens is 1. The Kier molecular flexibility index (Phi) is 6.97. The summed E-state index contributed by atoms with van der Waals surface area (Å²) in [6.45, 7) is 7.44. The predicted molar refractivity (Wildman–Crippen MR) is 107 cm³/mol. The average molecular weight is 417 g/mol.